The number of rotatable bonds is 8. The second-order valence-electron chi connectivity index (χ2n) is 5.87. The first-order valence-corrected chi connectivity index (χ1v) is 7.29. The Morgan fingerprint density at radius 1 is 0.667 bits per heavy atom. The molecule has 3 aliphatic rings. The predicted molar refractivity (Wildman–Crippen MR) is 66.6 cm³/mol. The molecule has 0 bridgehead atoms. The average Bonchev–Trinajstić information content (AvgIpc) is 3.25. The minimum Gasteiger partial charge on any atom is -0.378 e. The highest BCUT2D eigenvalue weighted by molar-refractivity contribution is 4.74. The lowest BCUT2D eigenvalue weighted by Gasteiger charge is -2.28. The van der Waals surface area contributed by atoms with Crippen LogP contribution in [0.1, 0.15) is 25.7 Å². The third-order valence-electron chi connectivity index (χ3n) is 4.09. The molecule has 0 radical (unpaired) electrons. The molecule has 0 aromatic carbocycles. The third-order valence-corrected chi connectivity index (χ3v) is 4.09. The molecular formula is C14H24O4. The molecule has 2 heterocycles. The zero-order chi connectivity index (χ0) is 12.2. The van der Waals surface area contributed by atoms with Gasteiger partial charge in [0.2, 0.25) is 0 Å². The van der Waals surface area contributed by atoms with Crippen molar-refractivity contribution in [1.29, 1.82) is 0 Å². The van der Waals surface area contributed by atoms with Gasteiger partial charge in [-0.1, -0.05) is 0 Å². The van der Waals surface area contributed by atoms with Gasteiger partial charge in [-0.05, 0) is 37.5 Å². The summed E-state index contributed by atoms with van der Waals surface area (Å²) in [6, 6.07) is 0. The summed E-state index contributed by atoms with van der Waals surface area (Å²) in [4.78, 5) is 0. The molecule has 0 amide bonds. The minimum atomic E-state index is 0.402. The van der Waals surface area contributed by atoms with E-state index in [1.54, 1.807) is 0 Å². The fourth-order valence-corrected chi connectivity index (χ4v) is 2.63. The van der Waals surface area contributed by atoms with E-state index in [2.05, 4.69) is 0 Å². The van der Waals surface area contributed by atoms with E-state index in [0.717, 1.165) is 51.5 Å². The maximum absolute atomic E-state index is 5.68. The predicted octanol–water partition coefficient (Wildman–Crippen LogP) is 1.62. The number of ether oxygens (including phenoxy) is 4. The molecule has 3 fully saturated rings. The smallest absolute Gasteiger partial charge is 0.104 e. The quantitative estimate of drug-likeness (QED) is 0.619. The summed E-state index contributed by atoms with van der Waals surface area (Å²) in [6.45, 7) is 5.23. The van der Waals surface area contributed by atoms with E-state index in [1.807, 2.05) is 0 Å². The number of hydrogen-bond donors (Lipinski definition) is 0. The Kier molecular flexibility index (Phi) is 4.52. The van der Waals surface area contributed by atoms with Gasteiger partial charge in [-0.15, -0.1) is 0 Å². The van der Waals surface area contributed by atoms with Crippen LogP contribution in [0.3, 0.4) is 0 Å². The molecule has 18 heavy (non-hydrogen) atoms. The summed E-state index contributed by atoms with van der Waals surface area (Å²) in [7, 11) is 0. The van der Waals surface area contributed by atoms with E-state index < -0.39 is 0 Å². The first kappa shape index (κ1) is 12.9. The molecule has 4 nitrogen and oxygen atoms in total. The van der Waals surface area contributed by atoms with E-state index >= 15 is 0 Å². The first-order valence-electron chi connectivity index (χ1n) is 7.29. The van der Waals surface area contributed by atoms with Crippen LogP contribution in [0.2, 0.25) is 0 Å². The van der Waals surface area contributed by atoms with Gasteiger partial charge in [-0.25, -0.2) is 0 Å². The van der Waals surface area contributed by atoms with Crippen LogP contribution in [0, 0.1) is 11.8 Å². The molecule has 4 heteroatoms. The van der Waals surface area contributed by atoms with Crippen molar-refractivity contribution in [2.45, 2.75) is 37.9 Å². The monoisotopic (exact) mass is 256 g/mol. The van der Waals surface area contributed by atoms with E-state index in [1.165, 1.54) is 25.7 Å². The molecule has 0 spiro atoms. The Morgan fingerprint density at radius 3 is 1.39 bits per heavy atom. The normalized spacial score (nSPS) is 38.7. The Labute approximate surface area is 109 Å². The van der Waals surface area contributed by atoms with Gasteiger partial charge in [0.25, 0.3) is 0 Å². The second kappa shape index (κ2) is 6.33. The van der Waals surface area contributed by atoms with Crippen LogP contribution < -0.4 is 0 Å². The largest absolute Gasteiger partial charge is 0.378 e. The lowest BCUT2D eigenvalue weighted by Crippen LogP contribution is -2.23. The molecule has 1 aliphatic carbocycles. The molecule has 3 rings (SSSR count). The topological polar surface area (TPSA) is 43.5 Å². The summed E-state index contributed by atoms with van der Waals surface area (Å²) >= 11 is 0. The van der Waals surface area contributed by atoms with Gasteiger partial charge >= 0.3 is 0 Å². The van der Waals surface area contributed by atoms with Crippen molar-refractivity contribution < 1.29 is 18.9 Å². The minimum absolute atomic E-state index is 0.402. The summed E-state index contributed by atoms with van der Waals surface area (Å²) in [5.41, 5.74) is 0. The average molecular weight is 256 g/mol. The highest BCUT2D eigenvalue weighted by Gasteiger charge is 2.26. The Morgan fingerprint density at radius 2 is 1.06 bits per heavy atom. The highest BCUT2D eigenvalue weighted by atomic mass is 16.6. The summed E-state index contributed by atoms with van der Waals surface area (Å²) < 4.78 is 21.6. The highest BCUT2D eigenvalue weighted by Crippen LogP contribution is 2.29. The lowest BCUT2D eigenvalue weighted by atomic mass is 9.83. The van der Waals surface area contributed by atoms with Crippen molar-refractivity contribution in [3.05, 3.63) is 0 Å². The second-order valence-corrected chi connectivity index (χ2v) is 5.87. The molecule has 2 aliphatic heterocycles. The maximum Gasteiger partial charge on any atom is 0.104 e. The summed E-state index contributed by atoms with van der Waals surface area (Å²) in [6.07, 6.45) is 5.97. The van der Waals surface area contributed by atoms with Gasteiger partial charge in [-0.3, -0.25) is 0 Å². The Bertz CT molecular complexity index is 216. The maximum atomic E-state index is 5.68. The van der Waals surface area contributed by atoms with Crippen molar-refractivity contribution in [2.75, 3.05) is 39.6 Å². The summed E-state index contributed by atoms with van der Waals surface area (Å²) in [5.74, 6) is 1.51. The first-order chi connectivity index (χ1) is 8.90. The van der Waals surface area contributed by atoms with Crippen molar-refractivity contribution in [1.82, 2.24) is 0 Å². The summed E-state index contributed by atoms with van der Waals surface area (Å²) in [5, 5.41) is 0. The van der Waals surface area contributed by atoms with Crippen LogP contribution >= 0.6 is 0 Å². The third kappa shape index (κ3) is 4.50. The van der Waals surface area contributed by atoms with Gasteiger partial charge in [-0.2, -0.15) is 0 Å². The Hall–Kier alpha value is -0.160. The van der Waals surface area contributed by atoms with Crippen molar-refractivity contribution >= 4 is 0 Å². The van der Waals surface area contributed by atoms with E-state index in [9.17, 15) is 0 Å². The van der Waals surface area contributed by atoms with Crippen LogP contribution in [0.4, 0.5) is 0 Å². The van der Waals surface area contributed by atoms with E-state index in [0.29, 0.717) is 12.2 Å². The van der Waals surface area contributed by atoms with Gasteiger partial charge < -0.3 is 18.9 Å². The van der Waals surface area contributed by atoms with Crippen LogP contribution in [0.15, 0.2) is 0 Å². The van der Waals surface area contributed by atoms with Crippen molar-refractivity contribution in [3.63, 3.8) is 0 Å². The Balaban J connectivity index is 1.21. The molecular weight excluding hydrogens is 232 g/mol. The van der Waals surface area contributed by atoms with Crippen LogP contribution in [-0.2, 0) is 18.9 Å². The molecule has 0 aromatic rings. The number of hydrogen-bond acceptors (Lipinski definition) is 4. The van der Waals surface area contributed by atoms with Gasteiger partial charge in [0, 0.05) is 13.2 Å². The van der Waals surface area contributed by atoms with Crippen LogP contribution in [0.5, 0.6) is 0 Å². The molecule has 2 atom stereocenters. The SMILES string of the molecule is C1CC(COC[C@H]2CO2)CCC1COCC1CO1. The van der Waals surface area contributed by atoms with E-state index in [4.69, 9.17) is 18.9 Å². The fraction of sp³-hybridized carbons (Fsp3) is 1.00. The molecule has 1 unspecified atom stereocenters. The van der Waals surface area contributed by atoms with Gasteiger partial charge in [0.1, 0.15) is 12.2 Å². The molecule has 1 saturated carbocycles. The van der Waals surface area contributed by atoms with Crippen molar-refractivity contribution in [2.24, 2.45) is 11.8 Å². The van der Waals surface area contributed by atoms with Gasteiger partial charge in [0.05, 0.1) is 26.4 Å². The molecule has 104 valence electrons. The molecule has 0 N–H and O–H groups in total. The fourth-order valence-electron chi connectivity index (χ4n) is 2.63. The lowest BCUT2D eigenvalue weighted by molar-refractivity contribution is 0.0415. The zero-order valence-electron chi connectivity index (χ0n) is 11.0. The number of epoxide rings is 2. The van der Waals surface area contributed by atoms with Gasteiger partial charge in [0.15, 0.2) is 0 Å². The zero-order valence-corrected chi connectivity index (χ0v) is 11.0. The van der Waals surface area contributed by atoms with Crippen molar-refractivity contribution in [3.8, 4) is 0 Å². The van der Waals surface area contributed by atoms with E-state index in [-0.39, 0.29) is 0 Å². The molecule has 2 saturated heterocycles. The standard InChI is InChI=1S/C14H24O4/c1-2-12(6-16-8-14-10-18-14)4-3-11(1)5-15-7-13-9-17-13/h11-14H,1-10H2/t11?,12?,13-,14?/m0/s1. The molecule has 0 aromatic heterocycles. The van der Waals surface area contributed by atoms with Crippen LogP contribution in [-0.4, -0.2) is 51.8 Å². The van der Waals surface area contributed by atoms with Crippen LogP contribution in [0.25, 0.3) is 0 Å².